The van der Waals surface area contributed by atoms with Crippen LogP contribution in [0.2, 0.25) is 0 Å². The van der Waals surface area contributed by atoms with Crippen LogP contribution in [0.5, 0.6) is 0 Å². The van der Waals surface area contributed by atoms with Crippen molar-refractivity contribution < 1.29 is 8.81 Å². The fourth-order valence-corrected chi connectivity index (χ4v) is 1.93. The first-order valence-corrected chi connectivity index (χ1v) is 5.58. The molecule has 1 heterocycles. The summed E-state index contributed by atoms with van der Waals surface area (Å²) < 4.78 is 18.3. The van der Waals surface area contributed by atoms with Gasteiger partial charge in [-0.05, 0) is 23.3 Å². The highest BCUT2D eigenvalue weighted by molar-refractivity contribution is 5.80. The molecule has 0 saturated carbocycles. The Balaban J connectivity index is 2.15. The molecule has 0 aliphatic heterocycles. The Morgan fingerprint density at radius 1 is 0.889 bits per heavy atom. The molecule has 2 aromatic carbocycles. The molecule has 18 heavy (non-hydrogen) atoms. The molecule has 0 radical (unpaired) electrons. The fraction of sp³-hybridized carbons (Fsp3) is 0. The quantitative estimate of drug-likeness (QED) is 0.671. The third-order valence-corrected chi connectivity index (χ3v) is 2.78. The molecule has 0 aliphatic carbocycles. The number of oxazole rings is 1. The van der Waals surface area contributed by atoms with E-state index in [1.165, 1.54) is 18.5 Å². The Bertz CT molecular complexity index is 645. The van der Waals surface area contributed by atoms with E-state index < -0.39 is 0 Å². The average molecular weight is 239 g/mol. The van der Waals surface area contributed by atoms with Gasteiger partial charge in [0.2, 0.25) is 0 Å². The number of hydrogen-bond donors (Lipinski definition) is 0. The lowest BCUT2D eigenvalue weighted by Crippen LogP contribution is -1.83. The number of benzene rings is 2. The highest BCUT2D eigenvalue weighted by atomic mass is 19.1. The summed E-state index contributed by atoms with van der Waals surface area (Å²) in [6, 6.07) is 14.2. The lowest BCUT2D eigenvalue weighted by atomic mass is 9.98. The molecule has 2 nitrogen and oxygen atoms in total. The van der Waals surface area contributed by atoms with Crippen LogP contribution in [0.4, 0.5) is 4.39 Å². The van der Waals surface area contributed by atoms with Crippen LogP contribution in [-0.2, 0) is 0 Å². The minimum absolute atomic E-state index is 0.240. The van der Waals surface area contributed by atoms with Crippen molar-refractivity contribution in [2.75, 3.05) is 0 Å². The maximum atomic E-state index is 12.9. The highest BCUT2D eigenvalue weighted by Crippen LogP contribution is 2.31. The van der Waals surface area contributed by atoms with Gasteiger partial charge < -0.3 is 4.42 Å². The first kappa shape index (κ1) is 10.7. The molecule has 88 valence electrons. The number of halogens is 1. The SMILES string of the molecule is Fc1ccc(-c2ccccc2-c2cnco2)cc1. The molecule has 0 amide bonds. The molecule has 3 heteroatoms. The number of hydrogen-bond acceptors (Lipinski definition) is 2. The van der Waals surface area contributed by atoms with Gasteiger partial charge in [-0.25, -0.2) is 9.37 Å². The van der Waals surface area contributed by atoms with Gasteiger partial charge in [0.1, 0.15) is 5.82 Å². The molecular weight excluding hydrogens is 229 g/mol. The van der Waals surface area contributed by atoms with Crippen molar-refractivity contribution in [3.8, 4) is 22.5 Å². The lowest BCUT2D eigenvalue weighted by molar-refractivity contribution is 0.572. The Morgan fingerprint density at radius 2 is 1.61 bits per heavy atom. The van der Waals surface area contributed by atoms with E-state index in [-0.39, 0.29) is 5.82 Å². The molecular formula is C15H10FNO. The number of rotatable bonds is 2. The van der Waals surface area contributed by atoms with E-state index in [0.717, 1.165) is 16.7 Å². The molecule has 3 rings (SSSR count). The Kier molecular flexibility index (Phi) is 2.65. The summed E-state index contributed by atoms with van der Waals surface area (Å²) in [6.07, 6.45) is 3.07. The van der Waals surface area contributed by atoms with Gasteiger partial charge in [0, 0.05) is 5.56 Å². The zero-order valence-corrected chi connectivity index (χ0v) is 9.51. The topological polar surface area (TPSA) is 26.0 Å². The van der Waals surface area contributed by atoms with Gasteiger partial charge in [-0.3, -0.25) is 0 Å². The van der Waals surface area contributed by atoms with E-state index in [9.17, 15) is 4.39 Å². The largest absolute Gasteiger partial charge is 0.443 e. The lowest BCUT2D eigenvalue weighted by Gasteiger charge is -2.07. The number of aromatic nitrogens is 1. The van der Waals surface area contributed by atoms with E-state index >= 15 is 0 Å². The van der Waals surface area contributed by atoms with Crippen molar-refractivity contribution in [2.45, 2.75) is 0 Å². The minimum Gasteiger partial charge on any atom is -0.443 e. The van der Waals surface area contributed by atoms with E-state index in [0.29, 0.717) is 5.76 Å². The summed E-state index contributed by atoms with van der Waals surface area (Å²) in [7, 11) is 0. The Morgan fingerprint density at radius 3 is 2.28 bits per heavy atom. The summed E-state index contributed by atoms with van der Waals surface area (Å²) in [6.45, 7) is 0. The fourth-order valence-electron chi connectivity index (χ4n) is 1.93. The number of nitrogens with zero attached hydrogens (tertiary/aromatic N) is 1. The Hall–Kier alpha value is -2.42. The zero-order valence-electron chi connectivity index (χ0n) is 9.51. The maximum Gasteiger partial charge on any atom is 0.181 e. The van der Waals surface area contributed by atoms with Crippen molar-refractivity contribution in [1.29, 1.82) is 0 Å². The van der Waals surface area contributed by atoms with Crippen LogP contribution in [0.1, 0.15) is 0 Å². The van der Waals surface area contributed by atoms with E-state index in [1.54, 1.807) is 18.3 Å². The molecule has 0 saturated heterocycles. The van der Waals surface area contributed by atoms with Gasteiger partial charge in [0.25, 0.3) is 0 Å². The van der Waals surface area contributed by atoms with Crippen LogP contribution in [0.15, 0.2) is 65.5 Å². The van der Waals surface area contributed by atoms with Gasteiger partial charge in [-0.1, -0.05) is 36.4 Å². The molecule has 1 aromatic heterocycles. The summed E-state index contributed by atoms with van der Waals surface area (Å²) in [5, 5.41) is 0. The molecule has 0 spiro atoms. The third kappa shape index (κ3) is 1.91. The summed E-state index contributed by atoms with van der Waals surface area (Å²) in [5.41, 5.74) is 2.89. The van der Waals surface area contributed by atoms with E-state index in [1.807, 2.05) is 24.3 Å². The first-order valence-electron chi connectivity index (χ1n) is 5.58. The molecule has 0 bridgehead atoms. The zero-order chi connectivity index (χ0) is 12.4. The second-order valence-corrected chi connectivity index (χ2v) is 3.92. The summed E-state index contributed by atoms with van der Waals surface area (Å²) in [5.74, 6) is 0.464. The third-order valence-electron chi connectivity index (χ3n) is 2.78. The standard InChI is InChI=1S/C15H10FNO/c16-12-7-5-11(6-8-12)13-3-1-2-4-14(13)15-9-17-10-18-15/h1-10H. The molecule has 0 aliphatic rings. The van der Waals surface area contributed by atoms with E-state index in [4.69, 9.17) is 4.42 Å². The smallest absolute Gasteiger partial charge is 0.181 e. The summed E-state index contributed by atoms with van der Waals surface area (Å²) in [4.78, 5) is 3.92. The Labute approximate surface area is 104 Å². The van der Waals surface area contributed by atoms with Gasteiger partial charge in [0.15, 0.2) is 12.2 Å². The van der Waals surface area contributed by atoms with Crippen LogP contribution < -0.4 is 0 Å². The van der Waals surface area contributed by atoms with Crippen molar-refractivity contribution >= 4 is 0 Å². The second kappa shape index (κ2) is 4.45. The van der Waals surface area contributed by atoms with Crippen molar-refractivity contribution in [3.63, 3.8) is 0 Å². The first-order chi connectivity index (χ1) is 8.84. The monoisotopic (exact) mass is 239 g/mol. The molecule has 0 N–H and O–H groups in total. The van der Waals surface area contributed by atoms with Crippen LogP contribution >= 0.6 is 0 Å². The normalized spacial score (nSPS) is 10.5. The minimum atomic E-state index is -0.240. The van der Waals surface area contributed by atoms with Crippen molar-refractivity contribution in [1.82, 2.24) is 4.98 Å². The van der Waals surface area contributed by atoms with Crippen molar-refractivity contribution in [3.05, 3.63) is 66.9 Å². The van der Waals surface area contributed by atoms with Crippen LogP contribution in [0.3, 0.4) is 0 Å². The molecule has 0 unspecified atom stereocenters. The molecule has 0 fully saturated rings. The van der Waals surface area contributed by atoms with Gasteiger partial charge in [0.05, 0.1) is 6.20 Å². The van der Waals surface area contributed by atoms with Gasteiger partial charge >= 0.3 is 0 Å². The molecule has 3 aromatic rings. The van der Waals surface area contributed by atoms with Crippen LogP contribution in [-0.4, -0.2) is 4.98 Å². The average Bonchev–Trinajstić information content (AvgIpc) is 2.93. The van der Waals surface area contributed by atoms with Gasteiger partial charge in [-0.15, -0.1) is 0 Å². The highest BCUT2D eigenvalue weighted by Gasteiger charge is 2.09. The predicted molar refractivity (Wildman–Crippen MR) is 67.3 cm³/mol. The van der Waals surface area contributed by atoms with Crippen LogP contribution in [0.25, 0.3) is 22.5 Å². The van der Waals surface area contributed by atoms with Crippen LogP contribution in [0, 0.1) is 5.82 Å². The second-order valence-electron chi connectivity index (χ2n) is 3.92. The molecule has 0 atom stereocenters. The van der Waals surface area contributed by atoms with E-state index in [2.05, 4.69) is 4.98 Å². The maximum absolute atomic E-state index is 12.9. The predicted octanol–water partition coefficient (Wildman–Crippen LogP) is 4.15. The van der Waals surface area contributed by atoms with Crippen molar-refractivity contribution in [2.24, 2.45) is 0 Å². The summed E-state index contributed by atoms with van der Waals surface area (Å²) >= 11 is 0. The van der Waals surface area contributed by atoms with Gasteiger partial charge in [-0.2, -0.15) is 0 Å².